The van der Waals surface area contributed by atoms with Crippen molar-refractivity contribution in [1.82, 2.24) is 9.55 Å². The van der Waals surface area contributed by atoms with Crippen LogP contribution < -0.4 is 5.56 Å². The van der Waals surface area contributed by atoms with E-state index in [-0.39, 0.29) is 5.56 Å². The summed E-state index contributed by atoms with van der Waals surface area (Å²) >= 11 is 6.73. The molecule has 0 unspecified atom stereocenters. The minimum atomic E-state index is -0.413. The second-order valence-corrected chi connectivity index (χ2v) is 5.98. The third-order valence-electron chi connectivity index (χ3n) is 2.68. The largest absolute Gasteiger partial charge is 0.374 e. The molecule has 2 rings (SSSR count). The van der Waals surface area contributed by atoms with Crippen LogP contribution in [0.15, 0.2) is 16.2 Å². The number of aromatic amines is 1. The maximum absolute atomic E-state index is 12.3. The van der Waals surface area contributed by atoms with Crippen LogP contribution in [0.5, 0.6) is 0 Å². The second kappa shape index (κ2) is 4.95. The molecule has 0 atom stereocenters. The number of rotatable bonds is 4. The van der Waals surface area contributed by atoms with Crippen LogP contribution >= 0.6 is 23.6 Å². The Labute approximate surface area is 114 Å². The highest BCUT2D eigenvalue weighted by atomic mass is 32.1. The molecule has 0 aliphatic rings. The zero-order valence-corrected chi connectivity index (χ0v) is 12.3. The number of thiophene rings is 1. The Kier molecular flexibility index (Phi) is 3.70. The summed E-state index contributed by atoms with van der Waals surface area (Å²) < 4.78 is 7.64. The molecular formula is C12H16N2O2S2. The van der Waals surface area contributed by atoms with E-state index in [1.807, 2.05) is 32.2 Å². The van der Waals surface area contributed by atoms with Gasteiger partial charge in [0.2, 0.25) is 0 Å². The molecule has 0 radical (unpaired) electrons. The fourth-order valence-corrected chi connectivity index (χ4v) is 3.03. The molecule has 0 fully saturated rings. The van der Waals surface area contributed by atoms with Crippen molar-refractivity contribution >= 4 is 33.8 Å². The summed E-state index contributed by atoms with van der Waals surface area (Å²) in [4.78, 5) is 16.2. The first kappa shape index (κ1) is 13.5. The van der Waals surface area contributed by atoms with E-state index in [2.05, 4.69) is 4.98 Å². The standard InChI is InChI=1S/C12H16N2O2S2/c1-4-16-12(2,3)7-14-10(15)8-5-6-18-9(8)13-11(14)17/h5-6H,4,7H2,1-3H3,(H,13,17). The number of H-pyrrole nitrogens is 1. The van der Waals surface area contributed by atoms with Crippen LogP contribution in [0.3, 0.4) is 0 Å². The Morgan fingerprint density at radius 3 is 2.94 bits per heavy atom. The molecule has 0 bridgehead atoms. The van der Waals surface area contributed by atoms with E-state index in [1.54, 1.807) is 4.57 Å². The average molecular weight is 284 g/mol. The van der Waals surface area contributed by atoms with Crippen molar-refractivity contribution < 1.29 is 4.74 Å². The number of ether oxygens (including phenoxy) is 1. The highest BCUT2D eigenvalue weighted by Crippen LogP contribution is 2.16. The molecule has 0 amide bonds. The molecule has 1 N–H and O–H groups in total. The Balaban J connectivity index is 2.51. The summed E-state index contributed by atoms with van der Waals surface area (Å²) in [5.74, 6) is 0. The van der Waals surface area contributed by atoms with Gasteiger partial charge in [-0.15, -0.1) is 11.3 Å². The van der Waals surface area contributed by atoms with Gasteiger partial charge in [0.25, 0.3) is 5.56 Å². The molecule has 0 aliphatic carbocycles. The molecule has 98 valence electrons. The molecule has 2 aromatic rings. The highest BCUT2D eigenvalue weighted by Gasteiger charge is 2.20. The van der Waals surface area contributed by atoms with E-state index in [1.165, 1.54) is 11.3 Å². The zero-order valence-electron chi connectivity index (χ0n) is 10.6. The number of hydrogen-bond acceptors (Lipinski definition) is 4. The summed E-state index contributed by atoms with van der Waals surface area (Å²) in [6.07, 6.45) is 0. The number of nitrogens with one attached hydrogen (secondary N) is 1. The van der Waals surface area contributed by atoms with Crippen molar-refractivity contribution in [3.05, 3.63) is 26.6 Å². The van der Waals surface area contributed by atoms with E-state index in [4.69, 9.17) is 17.0 Å². The van der Waals surface area contributed by atoms with Gasteiger partial charge in [0.05, 0.1) is 17.5 Å². The van der Waals surface area contributed by atoms with E-state index < -0.39 is 5.60 Å². The minimum absolute atomic E-state index is 0.0530. The van der Waals surface area contributed by atoms with Crippen LogP contribution in [-0.2, 0) is 11.3 Å². The summed E-state index contributed by atoms with van der Waals surface area (Å²) in [7, 11) is 0. The van der Waals surface area contributed by atoms with E-state index in [0.29, 0.717) is 23.3 Å². The quantitative estimate of drug-likeness (QED) is 0.878. The van der Waals surface area contributed by atoms with Crippen LogP contribution in [-0.4, -0.2) is 21.8 Å². The predicted molar refractivity (Wildman–Crippen MR) is 77.0 cm³/mol. The first-order valence-electron chi connectivity index (χ1n) is 5.79. The van der Waals surface area contributed by atoms with Gasteiger partial charge in [-0.2, -0.15) is 0 Å². The lowest BCUT2D eigenvalue weighted by molar-refractivity contribution is -0.0233. The highest BCUT2D eigenvalue weighted by molar-refractivity contribution is 7.71. The summed E-state index contributed by atoms with van der Waals surface area (Å²) in [5, 5.41) is 2.57. The van der Waals surface area contributed by atoms with E-state index >= 15 is 0 Å². The van der Waals surface area contributed by atoms with Crippen LogP contribution in [0.2, 0.25) is 0 Å². The summed E-state index contributed by atoms with van der Waals surface area (Å²) in [6.45, 7) is 6.90. The first-order valence-corrected chi connectivity index (χ1v) is 7.07. The van der Waals surface area contributed by atoms with Crippen LogP contribution in [0.4, 0.5) is 0 Å². The van der Waals surface area contributed by atoms with Crippen molar-refractivity contribution in [2.75, 3.05) is 6.61 Å². The molecule has 4 nitrogen and oxygen atoms in total. The van der Waals surface area contributed by atoms with Gasteiger partial charge in [0.15, 0.2) is 4.77 Å². The van der Waals surface area contributed by atoms with Crippen LogP contribution in [0.25, 0.3) is 10.2 Å². The normalized spacial score (nSPS) is 12.2. The third-order valence-corrected chi connectivity index (χ3v) is 3.83. The molecule has 2 aromatic heterocycles. The SMILES string of the molecule is CCOC(C)(C)Cn1c(=S)[nH]c2sccc2c1=O. The van der Waals surface area contributed by atoms with Gasteiger partial charge in [-0.1, -0.05) is 0 Å². The van der Waals surface area contributed by atoms with Crippen molar-refractivity contribution in [3.8, 4) is 0 Å². The lowest BCUT2D eigenvalue weighted by Gasteiger charge is -2.25. The lowest BCUT2D eigenvalue weighted by atomic mass is 10.1. The fraction of sp³-hybridized carbons (Fsp3) is 0.500. The smallest absolute Gasteiger partial charge is 0.263 e. The molecule has 18 heavy (non-hydrogen) atoms. The maximum Gasteiger partial charge on any atom is 0.263 e. The fourth-order valence-electron chi connectivity index (χ4n) is 1.94. The van der Waals surface area contributed by atoms with Crippen LogP contribution in [0.1, 0.15) is 20.8 Å². The van der Waals surface area contributed by atoms with Gasteiger partial charge in [-0.3, -0.25) is 9.36 Å². The van der Waals surface area contributed by atoms with Crippen LogP contribution in [0, 0.1) is 4.77 Å². The second-order valence-electron chi connectivity index (χ2n) is 4.68. The van der Waals surface area contributed by atoms with Gasteiger partial charge in [-0.05, 0) is 44.4 Å². The predicted octanol–water partition coefficient (Wildman–Crippen LogP) is 2.94. The molecule has 0 spiro atoms. The number of aromatic nitrogens is 2. The summed E-state index contributed by atoms with van der Waals surface area (Å²) in [6, 6.07) is 1.82. The molecule has 0 aromatic carbocycles. The first-order chi connectivity index (χ1) is 8.44. The number of nitrogens with zero attached hydrogens (tertiary/aromatic N) is 1. The van der Waals surface area contributed by atoms with Gasteiger partial charge < -0.3 is 9.72 Å². The molecule has 0 saturated carbocycles. The molecule has 2 heterocycles. The van der Waals surface area contributed by atoms with Gasteiger partial charge in [0.1, 0.15) is 4.83 Å². The molecule has 0 aliphatic heterocycles. The molecular weight excluding hydrogens is 268 g/mol. The Morgan fingerprint density at radius 1 is 1.56 bits per heavy atom. The molecule has 0 saturated heterocycles. The number of hydrogen-bond donors (Lipinski definition) is 1. The van der Waals surface area contributed by atoms with Crippen molar-refractivity contribution in [3.63, 3.8) is 0 Å². The lowest BCUT2D eigenvalue weighted by Crippen LogP contribution is -2.36. The maximum atomic E-state index is 12.3. The van der Waals surface area contributed by atoms with Crippen molar-refractivity contribution in [2.45, 2.75) is 32.9 Å². The Morgan fingerprint density at radius 2 is 2.28 bits per heavy atom. The van der Waals surface area contributed by atoms with E-state index in [9.17, 15) is 4.79 Å². The van der Waals surface area contributed by atoms with Gasteiger partial charge in [-0.25, -0.2) is 0 Å². The minimum Gasteiger partial charge on any atom is -0.374 e. The van der Waals surface area contributed by atoms with Gasteiger partial charge in [0, 0.05) is 6.61 Å². The topological polar surface area (TPSA) is 47.0 Å². The Bertz CT molecular complexity index is 667. The van der Waals surface area contributed by atoms with Crippen molar-refractivity contribution in [1.29, 1.82) is 0 Å². The third kappa shape index (κ3) is 2.55. The van der Waals surface area contributed by atoms with Crippen molar-refractivity contribution in [2.24, 2.45) is 0 Å². The zero-order chi connectivity index (χ0) is 13.3. The van der Waals surface area contributed by atoms with E-state index in [0.717, 1.165) is 4.83 Å². The Hall–Kier alpha value is -0.980. The average Bonchev–Trinajstić information content (AvgIpc) is 2.72. The molecule has 6 heteroatoms. The summed E-state index contributed by atoms with van der Waals surface area (Å²) in [5.41, 5.74) is -0.466. The monoisotopic (exact) mass is 284 g/mol. The number of fused-ring (bicyclic) bond motifs is 1. The van der Waals surface area contributed by atoms with Gasteiger partial charge >= 0.3 is 0 Å².